The second kappa shape index (κ2) is 7.36. The molecule has 1 N–H and O–H groups in total. The van der Waals surface area contributed by atoms with Gasteiger partial charge in [-0.3, -0.25) is 0 Å². The largest absolute Gasteiger partial charge is 0.387 e. The van der Waals surface area contributed by atoms with Crippen LogP contribution in [0.25, 0.3) is 0 Å². The van der Waals surface area contributed by atoms with Crippen LogP contribution in [0.15, 0.2) is 30.3 Å². The number of nitrogens with zero attached hydrogens (tertiary/aromatic N) is 3. The van der Waals surface area contributed by atoms with Gasteiger partial charge in [0.05, 0.1) is 6.10 Å². The fourth-order valence-electron chi connectivity index (χ4n) is 2.44. The first kappa shape index (κ1) is 16.4. The molecule has 2 rings (SSSR count). The highest BCUT2D eigenvalue weighted by Gasteiger charge is 2.15. The second-order valence-electron chi connectivity index (χ2n) is 5.58. The Morgan fingerprint density at radius 1 is 1.09 bits per heavy atom. The number of aryl methyl sites for hydroxylation is 3. The zero-order chi connectivity index (χ0) is 16.1. The number of hydrogen-bond acceptors (Lipinski definition) is 4. The van der Waals surface area contributed by atoms with Gasteiger partial charge in [-0.2, -0.15) is 0 Å². The highest BCUT2D eigenvalue weighted by Crippen LogP contribution is 2.19. The van der Waals surface area contributed by atoms with Gasteiger partial charge in [-0.15, -0.1) is 0 Å². The van der Waals surface area contributed by atoms with Gasteiger partial charge in [0.25, 0.3) is 0 Å². The molecule has 1 atom stereocenters. The fraction of sp³-hybridized carbons (Fsp3) is 0.444. The minimum absolute atomic E-state index is 0.527. The molecule has 1 heterocycles. The van der Waals surface area contributed by atoms with Crippen LogP contribution < -0.4 is 4.90 Å². The lowest BCUT2D eigenvalue weighted by molar-refractivity contribution is 0.183. The Labute approximate surface area is 132 Å². The molecule has 0 fully saturated rings. The number of aliphatic hydroxyl groups is 1. The van der Waals surface area contributed by atoms with E-state index >= 15 is 0 Å². The summed E-state index contributed by atoms with van der Waals surface area (Å²) in [5.74, 6) is 1.66. The van der Waals surface area contributed by atoms with E-state index in [0.29, 0.717) is 6.54 Å². The predicted molar refractivity (Wildman–Crippen MR) is 90.2 cm³/mol. The van der Waals surface area contributed by atoms with E-state index in [1.165, 1.54) is 5.56 Å². The van der Waals surface area contributed by atoms with Gasteiger partial charge in [0, 0.05) is 24.8 Å². The molecule has 0 bridgehead atoms. The molecule has 0 aliphatic heterocycles. The summed E-state index contributed by atoms with van der Waals surface area (Å²) in [4.78, 5) is 11.0. The van der Waals surface area contributed by atoms with Crippen molar-refractivity contribution in [1.82, 2.24) is 9.97 Å². The molecule has 1 aromatic heterocycles. The molecule has 0 spiro atoms. The van der Waals surface area contributed by atoms with E-state index in [0.717, 1.165) is 35.9 Å². The zero-order valence-corrected chi connectivity index (χ0v) is 13.9. The third-order valence-corrected chi connectivity index (χ3v) is 3.80. The fourth-order valence-corrected chi connectivity index (χ4v) is 2.44. The summed E-state index contributed by atoms with van der Waals surface area (Å²) in [6.07, 6.45) is 0.356. The lowest BCUT2D eigenvalue weighted by atomic mass is 10.1. The number of anilines is 1. The summed E-state index contributed by atoms with van der Waals surface area (Å²) >= 11 is 0. The van der Waals surface area contributed by atoms with Crippen LogP contribution in [0.4, 0.5) is 5.82 Å². The van der Waals surface area contributed by atoms with E-state index in [-0.39, 0.29) is 0 Å². The van der Waals surface area contributed by atoms with E-state index in [2.05, 4.69) is 28.7 Å². The normalized spacial score (nSPS) is 12.2. The Morgan fingerprint density at radius 3 is 2.36 bits per heavy atom. The van der Waals surface area contributed by atoms with Gasteiger partial charge in [0.1, 0.15) is 11.6 Å². The smallest absolute Gasteiger partial charge is 0.132 e. The molecule has 0 aliphatic carbocycles. The van der Waals surface area contributed by atoms with Crippen LogP contribution in [0.2, 0.25) is 0 Å². The molecular weight excluding hydrogens is 274 g/mol. The first-order chi connectivity index (χ1) is 10.5. The minimum atomic E-state index is -0.527. The Bertz CT molecular complexity index is 610. The molecule has 4 nitrogen and oxygen atoms in total. The van der Waals surface area contributed by atoms with Crippen molar-refractivity contribution in [3.63, 3.8) is 0 Å². The highest BCUT2D eigenvalue weighted by atomic mass is 16.3. The van der Waals surface area contributed by atoms with Gasteiger partial charge < -0.3 is 10.0 Å². The number of aliphatic hydroxyl groups excluding tert-OH is 1. The van der Waals surface area contributed by atoms with Gasteiger partial charge in [0.2, 0.25) is 0 Å². The Morgan fingerprint density at radius 2 is 1.77 bits per heavy atom. The van der Waals surface area contributed by atoms with Gasteiger partial charge in [-0.05, 0) is 32.8 Å². The quantitative estimate of drug-likeness (QED) is 0.890. The van der Waals surface area contributed by atoms with Crippen LogP contribution in [0, 0.1) is 13.8 Å². The molecule has 118 valence electrons. The average molecular weight is 299 g/mol. The summed E-state index contributed by atoms with van der Waals surface area (Å²) in [5, 5.41) is 10.5. The van der Waals surface area contributed by atoms with Gasteiger partial charge in [-0.25, -0.2) is 9.97 Å². The van der Waals surface area contributed by atoms with Crippen LogP contribution in [0.3, 0.4) is 0 Å². The third-order valence-electron chi connectivity index (χ3n) is 3.80. The van der Waals surface area contributed by atoms with E-state index in [1.54, 1.807) is 0 Å². The molecule has 2 aromatic rings. The summed E-state index contributed by atoms with van der Waals surface area (Å²) in [6, 6.07) is 10.0. The maximum atomic E-state index is 10.5. The Balaban J connectivity index is 2.18. The number of aromatic nitrogens is 2. The average Bonchev–Trinajstić information content (AvgIpc) is 2.52. The predicted octanol–water partition coefficient (Wildman–Crippen LogP) is 3.22. The van der Waals surface area contributed by atoms with Gasteiger partial charge in [-0.1, -0.05) is 36.8 Å². The zero-order valence-electron chi connectivity index (χ0n) is 13.9. The Kier molecular flexibility index (Phi) is 5.50. The van der Waals surface area contributed by atoms with Crippen molar-refractivity contribution >= 4 is 5.82 Å². The molecule has 22 heavy (non-hydrogen) atoms. The van der Waals surface area contributed by atoms with Crippen molar-refractivity contribution in [3.05, 3.63) is 53.0 Å². The summed E-state index contributed by atoms with van der Waals surface area (Å²) in [5.41, 5.74) is 3.17. The molecule has 1 unspecified atom stereocenters. The minimum Gasteiger partial charge on any atom is -0.387 e. The van der Waals surface area contributed by atoms with E-state index < -0.39 is 6.10 Å². The van der Waals surface area contributed by atoms with Crippen molar-refractivity contribution in [1.29, 1.82) is 0 Å². The van der Waals surface area contributed by atoms with Crippen LogP contribution in [0.1, 0.15) is 42.6 Å². The molecular formula is C18H25N3O. The molecule has 1 aromatic carbocycles. The van der Waals surface area contributed by atoms with Crippen LogP contribution in [-0.2, 0) is 6.42 Å². The lowest BCUT2D eigenvalue weighted by Gasteiger charge is -2.25. The second-order valence-corrected chi connectivity index (χ2v) is 5.58. The van der Waals surface area contributed by atoms with Crippen molar-refractivity contribution in [2.24, 2.45) is 0 Å². The number of hydrogen-bond donors (Lipinski definition) is 1. The maximum Gasteiger partial charge on any atom is 0.132 e. The summed E-state index contributed by atoms with van der Waals surface area (Å²) in [6.45, 7) is 9.44. The monoisotopic (exact) mass is 299 g/mol. The number of benzene rings is 1. The summed E-state index contributed by atoms with van der Waals surface area (Å²) in [7, 11) is 0. The number of rotatable bonds is 6. The maximum absolute atomic E-state index is 10.5. The first-order valence-corrected chi connectivity index (χ1v) is 7.87. The van der Waals surface area contributed by atoms with Crippen molar-refractivity contribution in [3.8, 4) is 0 Å². The molecule has 4 heteroatoms. The Hall–Kier alpha value is -1.94. The topological polar surface area (TPSA) is 49.2 Å². The molecule has 0 aliphatic rings. The standard InChI is InChI=1S/C18H25N3O/c1-5-16-11-18(20-14(4)19-16)21(6-2)12-17(22)15-9-7-13(3)8-10-15/h7-11,17,22H,5-6,12H2,1-4H3. The first-order valence-electron chi connectivity index (χ1n) is 7.87. The van der Waals surface area contributed by atoms with Crippen LogP contribution >= 0.6 is 0 Å². The molecule has 0 saturated carbocycles. The van der Waals surface area contributed by atoms with Gasteiger partial charge >= 0.3 is 0 Å². The van der Waals surface area contributed by atoms with E-state index in [1.807, 2.05) is 44.2 Å². The molecule has 0 amide bonds. The lowest BCUT2D eigenvalue weighted by Crippen LogP contribution is -2.29. The van der Waals surface area contributed by atoms with Crippen LogP contribution in [0.5, 0.6) is 0 Å². The highest BCUT2D eigenvalue weighted by molar-refractivity contribution is 5.40. The van der Waals surface area contributed by atoms with Crippen LogP contribution in [-0.4, -0.2) is 28.2 Å². The summed E-state index contributed by atoms with van der Waals surface area (Å²) < 4.78 is 0. The SMILES string of the molecule is CCc1cc(N(CC)CC(O)c2ccc(C)cc2)nc(C)n1. The van der Waals surface area contributed by atoms with Crippen molar-refractivity contribution in [2.75, 3.05) is 18.0 Å². The molecule has 0 radical (unpaired) electrons. The van der Waals surface area contributed by atoms with Gasteiger partial charge in [0.15, 0.2) is 0 Å². The molecule has 0 saturated heterocycles. The van der Waals surface area contributed by atoms with E-state index in [9.17, 15) is 5.11 Å². The van der Waals surface area contributed by atoms with Crippen molar-refractivity contribution in [2.45, 2.75) is 40.2 Å². The number of likely N-dealkylation sites (N-methyl/N-ethyl adjacent to an activating group) is 1. The van der Waals surface area contributed by atoms with E-state index in [4.69, 9.17) is 0 Å². The third kappa shape index (κ3) is 4.04. The van der Waals surface area contributed by atoms with Crippen molar-refractivity contribution < 1.29 is 5.11 Å².